The molecule has 0 N–H and O–H groups in total. The fourth-order valence-corrected chi connectivity index (χ4v) is 11.3. The molecule has 320 valence electrons. The first-order valence-corrected chi connectivity index (χ1v) is 26.4. The largest absolute Gasteiger partial charge is 0.416 e. The molecule has 2 fully saturated rings. The Kier molecular flexibility index (Phi) is 11.0. The van der Waals surface area contributed by atoms with Crippen molar-refractivity contribution in [1.29, 1.82) is 0 Å². The average molecular weight is 864 g/mol. The first-order chi connectivity index (χ1) is 29.6. The van der Waals surface area contributed by atoms with E-state index in [-0.39, 0.29) is 15.5 Å². The Labute approximate surface area is 366 Å². The van der Waals surface area contributed by atoms with Crippen LogP contribution in [0.4, 0.5) is 0 Å². The Morgan fingerprint density at radius 1 is 0.790 bits per heavy atom. The van der Waals surface area contributed by atoms with Crippen molar-refractivity contribution in [2.75, 3.05) is 26.2 Å². The molecule has 7 aromatic rings. The van der Waals surface area contributed by atoms with E-state index in [0.29, 0.717) is 39.6 Å². The van der Waals surface area contributed by atoms with E-state index < -0.39 is 18.3 Å². The Morgan fingerprint density at radius 3 is 2.18 bits per heavy atom. The Hall–Kier alpha value is -5.20. The van der Waals surface area contributed by atoms with Gasteiger partial charge in [-0.2, -0.15) is 0 Å². The number of hydrogen-bond donors (Lipinski definition) is 0. The summed E-state index contributed by atoms with van der Waals surface area (Å²) in [6, 6.07) is 31.3. The lowest BCUT2D eigenvalue weighted by Gasteiger charge is -2.37. The van der Waals surface area contributed by atoms with Gasteiger partial charge in [0.25, 0.3) is 15.6 Å². The number of pyridine rings is 1. The summed E-state index contributed by atoms with van der Waals surface area (Å²) >= 11 is 0. The molecule has 4 heterocycles. The summed E-state index contributed by atoms with van der Waals surface area (Å²) in [5.74, 6) is 1.02. The van der Waals surface area contributed by atoms with Crippen molar-refractivity contribution >= 4 is 40.1 Å². The molecule has 0 bridgehead atoms. The van der Waals surface area contributed by atoms with Crippen LogP contribution in [0.15, 0.2) is 119 Å². The lowest BCUT2D eigenvalue weighted by atomic mass is 9.89. The number of fused-ring (bicyclic) bond motifs is 2. The van der Waals surface area contributed by atoms with Crippen LogP contribution in [0.3, 0.4) is 0 Å². The van der Waals surface area contributed by atoms with Crippen LogP contribution in [0, 0.1) is 13.8 Å². The normalized spacial score (nSPS) is 15.8. The van der Waals surface area contributed by atoms with Crippen LogP contribution < -0.4 is 5.56 Å². The van der Waals surface area contributed by atoms with E-state index in [9.17, 15) is 13.2 Å². The molecular weight excluding hydrogens is 807 g/mol. The number of likely N-dealkylation sites (tertiary alicyclic amines) is 1. The number of aromatic nitrogens is 4. The lowest BCUT2D eigenvalue weighted by molar-refractivity contribution is 0.166. The van der Waals surface area contributed by atoms with E-state index in [0.717, 1.165) is 72.4 Å². The molecule has 1 aliphatic carbocycles. The summed E-state index contributed by atoms with van der Waals surface area (Å²) in [5, 5.41) is 2.43. The molecule has 4 aromatic carbocycles. The molecule has 0 atom stereocenters. The number of benzene rings is 4. The maximum absolute atomic E-state index is 14.8. The van der Waals surface area contributed by atoms with E-state index in [2.05, 4.69) is 68.0 Å². The van der Waals surface area contributed by atoms with Crippen molar-refractivity contribution in [3.05, 3.63) is 142 Å². The zero-order chi connectivity index (χ0) is 43.6. The zero-order valence-electron chi connectivity index (χ0n) is 37.0. The van der Waals surface area contributed by atoms with Gasteiger partial charge in [-0.25, -0.2) is 22.4 Å². The van der Waals surface area contributed by atoms with Gasteiger partial charge in [0.2, 0.25) is 0 Å². The Bertz CT molecular complexity index is 2970. The molecule has 1 saturated carbocycles. The lowest BCUT2D eigenvalue weighted by Crippen LogP contribution is -2.43. The van der Waals surface area contributed by atoms with E-state index >= 15 is 0 Å². The second-order valence-electron chi connectivity index (χ2n) is 19.0. The summed E-state index contributed by atoms with van der Waals surface area (Å²) in [6.45, 7) is 19.2. The SMILES string of the molecule is Cc1ccc(S(=O)(=O)n2c(-c3ccc(C4CCN(CCO[Si](C)(C)C(C)(C)C)CC4)cc3)cc3c(-c4cccc(-n5ccc6cc(C7CC7)ccc6c5=O)c4C)ncnc32)cc1. The molecule has 9 rings (SSSR count). The molecule has 3 aromatic heterocycles. The summed E-state index contributed by atoms with van der Waals surface area (Å²) in [7, 11) is -5.88. The van der Waals surface area contributed by atoms with Gasteiger partial charge in [-0.3, -0.25) is 9.36 Å². The molecule has 2 aliphatic rings. The average Bonchev–Trinajstić information content (AvgIpc) is 4.03. The highest BCUT2D eigenvalue weighted by atomic mass is 32.2. The topological polar surface area (TPSA) is 99.3 Å². The molecule has 1 aliphatic heterocycles. The summed E-state index contributed by atoms with van der Waals surface area (Å²) in [6.07, 6.45) is 7.81. The fraction of sp³-hybridized carbons (Fsp3) is 0.353. The molecule has 0 amide bonds. The first kappa shape index (κ1) is 42.1. The van der Waals surface area contributed by atoms with Crippen LogP contribution in [0.25, 0.3) is 50.0 Å². The quantitative estimate of drug-likeness (QED) is 0.119. The van der Waals surface area contributed by atoms with Crippen molar-refractivity contribution in [2.24, 2.45) is 0 Å². The van der Waals surface area contributed by atoms with Crippen molar-refractivity contribution < 1.29 is 12.8 Å². The predicted molar refractivity (Wildman–Crippen MR) is 254 cm³/mol. The zero-order valence-corrected chi connectivity index (χ0v) is 38.8. The van der Waals surface area contributed by atoms with Gasteiger partial charge in [0.1, 0.15) is 6.33 Å². The highest BCUT2D eigenvalue weighted by Crippen LogP contribution is 2.42. The van der Waals surface area contributed by atoms with Crippen LogP contribution in [0.1, 0.15) is 80.5 Å². The standard InChI is InChI=1S/C51H57N5O4SSi/c1-34-11-20-42(21-12-34)61(58,59)56-47(39-17-15-36(16-18-39)38-23-26-54(27-24-38)29-30-60-62(6,7)51(3,4)5)32-45-48(52-33-53-49(45)56)43-9-8-10-46(35(43)2)55-28-25-41-31-40(37-13-14-37)19-22-44(41)50(55)57/h8-12,15-22,25,28,31-33,37-38H,13-14,23-24,26-27,29-30H2,1-7H3. The Morgan fingerprint density at radius 2 is 1.48 bits per heavy atom. The molecular formula is C51H57N5O4SSi. The molecule has 0 unspecified atom stereocenters. The van der Waals surface area contributed by atoms with Crippen LogP contribution in [-0.4, -0.2) is 66.4 Å². The second-order valence-corrected chi connectivity index (χ2v) is 25.6. The summed E-state index contributed by atoms with van der Waals surface area (Å²) in [5.41, 5.74) is 7.97. The smallest absolute Gasteiger partial charge is 0.269 e. The van der Waals surface area contributed by atoms with Crippen LogP contribution in [0.5, 0.6) is 0 Å². The third-order valence-corrected chi connectivity index (χ3v) is 20.1. The summed E-state index contributed by atoms with van der Waals surface area (Å²) in [4.78, 5) is 26.2. The molecule has 9 nitrogen and oxygen atoms in total. The Balaban J connectivity index is 1.05. The number of piperidine rings is 1. The highest BCUT2D eigenvalue weighted by Gasteiger charge is 2.37. The van der Waals surface area contributed by atoms with Gasteiger partial charge >= 0.3 is 0 Å². The molecule has 62 heavy (non-hydrogen) atoms. The molecule has 1 saturated heterocycles. The van der Waals surface area contributed by atoms with Crippen molar-refractivity contribution in [3.63, 3.8) is 0 Å². The van der Waals surface area contributed by atoms with E-state index in [1.807, 2.05) is 80.7 Å². The van der Waals surface area contributed by atoms with Gasteiger partial charge in [-0.1, -0.05) is 87.0 Å². The van der Waals surface area contributed by atoms with Crippen LogP contribution >= 0.6 is 0 Å². The van der Waals surface area contributed by atoms with Crippen LogP contribution in [0.2, 0.25) is 18.1 Å². The van der Waals surface area contributed by atoms with E-state index in [4.69, 9.17) is 9.41 Å². The van der Waals surface area contributed by atoms with E-state index in [1.165, 1.54) is 34.3 Å². The third-order valence-electron chi connectivity index (χ3n) is 13.9. The van der Waals surface area contributed by atoms with Crippen molar-refractivity contribution in [2.45, 2.75) is 95.2 Å². The van der Waals surface area contributed by atoms with Gasteiger partial charge in [0.05, 0.1) is 22.0 Å². The first-order valence-electron chi connectivity index (χ1n) is 22.0. The summed E-state index contributed by atoms with van der Waals surface area (Å²) < 4.78 is 39.1. The van der Waals surface area contributed by atoms with Gasteiger partial charge < -0.3 is 9.33 Å². The number of nitrogens with zero attached hydrogens (tertiary/aromatic N) is 5. The number of aryl methyl sites for hydroxylation is 1. The van der Waals surface area contributed by atoms with Crippen molar-refractivity contribution in [1.82, 2.24) is 23.4 Å². The molecule has 0 spiro atoms. The van der Waals surface area contributed by atoms with Crippen molar-refractivity contribution in [3.8, 4) is 28.2 Å². The van der Waals surface area contributed by atoms with Crippen LogP contribution in [-0.2, 0) is 14.4 Å². The van der Waals surface area contributed by atoms with Gasteiger partial charge in [-0.05, 0) is 147 Å². The van der Waals surface area contributed by atoms with Gasteiger partial charge in [-0.15, -0.1) is 0 Å². The van der Waals surface area contributed by atoms with E-state index in [1.54, 1.807) is 16.7 Å². The minimum absolute atomic E-state index is 0.0868. The third kappa shape index (κ3) is 7.89. The second kappa shape index (κ2) is 16.2. The number of rotatable bonds is 11. The fourth-order valence-electron chi connectivity index (χ4n) is 8.79. The number of hydrogen-bond acceptors (Lipinski definition) is 7. The molecule has 0 radical (unpaired) electrons. The van der Waals surface area contributed by atoms with Gasteiger partial charge in [0.15, 0.2) is 14.0 Å². The minimum Gasteiger partial charge on any atom is -0.416 e. The maximum Gasteiger partial charge on any atom is 0.269 e. The molecule has 11 heteroatoms. The highest BCUT2D eigenvalue weighted by molar-refractivity contribution is 7.90. The monoisotopic (exact) mass is 863 g/mol. The van der Waals surface area contributed by atoms with Gasteiger partial charge in [0, 0.05) is 35.7 Å². The predicted octanol–water partition coefficient (Wildman–Crippen LogP) is 11.0. The maximum atomic E-state index is 14.8. The minimum atomic E-state index is -4.10.